The fraction of sp³-hybridized carbons (Fsp3) is 0.818. The van der Waals surface area contributed by atoms with Crippen molar-refractivity contribution in [2.24, 2.45) is 5.92 Å². The van der Waals surface area contributed by atoms with Crippen molar-refractivity contribution in [2.75, 3.05) is 26.8 Å². The fourth-order valence-electron chi connectivity index (χ4n) is 2.15. The topological polar surface area (TPSA) is 76.1 Å². The average molecular weight is 245 g/mol. The highest BCUT2D eigenvalue weighted by Crippen LogP contribution is 2.26. The van der Waals surface area contributed by atoms with Crippen LogP contribution in [-0.2, 0) is 14.3 Å². The molecule has 1 aliphatic rings. The van der Waals surface area contributed by atoms with Crippen molar-refractivity contribution in [3.05, 3.63) is 0 Å². The maximum absolute atomic E-state index is 11.3. The van der Waals surface area contributed by atoms with Crippen LogP contribution in [0.15, 0.2) is 0 Å². The first-order valence-electron chi connectivity index (χ1n) is 5.57. The Morgan fingerprint density at radius 3 is 2.76 bits per heavy atom. The quantitative estimate of drug-likeness (QED) is 0.749. The summed E-state index contributed by atoms with van der Waals surface area (Å²) in [4.78, 5) is 23.5. The molecule has 0 saturated carbocycles. The first kappa shape index (κ1) is 13.8. The van der Waals surface area contributed by atoms with Crippen molar-refractivity contribution in [3.8, 4) is 0 Å². The number of rotatable bonds is 3. The Labute approximate surface area is 100 Å². The van der Waals surface area contributed by atoms with Crippen LogP contribution in [0, 0.1) is 5.92 Å². The van der Waals surface area contributed by atoms with Gasteiger partial charge in [0.2, 0.25) is 0 Å². The van der Waals surface area contributed by atoms with Crippen molar-refractivity contribution < 1.29 is 24.2 Å². The number of carbonyl (C=O) groups is 2. The number of amides is 1. The average Bonchev–Trinajstić information content (AvgIpc) is 2.27. The number of morpholine rings is 1. The second-order valence-electron chi connectivity index (χ2n) is 4.63. The SMILES string of the molecule is COC(=O)C(C)CC1(C)CN(C(=O)O)CCO1. The largest absolute Gasteiger partial charge is 0.469 e. The third-order valence-corrected chi connectivity index (χ3v) is 2.95. The number of hydrogen-bond donors (Lipinski definition) is 1. The molecule has 1 N–H and O–H groups in total. The maximum atomic E-state index is 11.3. The first-order valence-corrected chi connectivity index (χ1v) is 5.57. The Morgan fingerprint density at radius 2 is 2.24 bits per heavy atom. The van der Waals surface area contributed by atoms with Crippen LogP contribution in [-0.4, -0.2) is 54.5 Å². The first-order chi connectivity index (χ1) is 7.88. The van der Waals surface area contributed by atoms with Crippen LogP contribution in [0.5, 0.6) is 0 Å². The molecule has 0 spiro atoms. The van der Waals surface area contributed by atoms with Gasteiger partial charge in [-0.1, -0.05) is 6.92 Å². The predicted molar refractivity (Wildman–Crippen MR) is 59.8 cm³/mol. The summed E-state index contributed by atoms with van der Waals surface area (Å²) in [5, 5.41) is 8.94. The van der Waals surface area contributed by atoms with Gasteiger partial charge in [0.15, 0.2) is 0 Å². The molecule has 1 rings (SSSR count). The van der Waals surface area contributed by atoms with E-state index in [1.165, 1.54) is 12.0 Å². The highest BCUT2D eigenvalue weighted by molar-refractivity contribution is 5.72. The Kier molecular flexibility index (Phi) is 4.34. The molecule has 1 fully saturated rings. The molecule has 0 bridgehead atoms. The van der Waals surface area contributed by atoms with Crippen LogP contribution in [0.4, 0.5) is 4.79 Å². The third kappa shape index (κ3) is 3.59. The lowest BCUT2D eigenvalue weighted by Crippen LogP contribution is -2.52. The summed E-state index contributed by atoms with van der Waals surface area (Å²) < 4.78 is 10.2. The van der Waals surface area contributed by atoms with E-state index in [4.69, 9.17) is 9.84 Å². The number of nitrogens with zero attached hydrogens (tertiary/aromatic N) is 1. The Hall–Kier alpha value is -1.30. The summed E-state index contributed by atoms with van der Waals surface area (Å²) in [7, 11) is 1.34. The van der Waals surface area contributed by atoms with Gasteiger partial charge in [-0.3, -0.25) is 4.79 Å². The van der Waals surface area contributed by atoms with Crippen LogP contribution < -0.4 is 0 Å². The number of carbonyl (C=O) groups excluding carboxylic acids is 1. The van der Waals surface area contributed by atoms with Gasteiger partial charge in [-0.2, -0.15) is 0 Å². The zero-order chi connectivity index (χ0) is 13.1. The van der Waals surface area contributed by atoms with E-state index in [0.717, 1.165) is 0 Å². The van der Waals surface area contributed by atoms with Crippen molar-refractivity contribution >= 4 is 12.1 Å². The van der Waals surface area contributed by atoms with Gasteiger partial charge in [0.05, 0.1) is 31.8 Å². The lowest BCUT2D eigenvalue weighted by atomic mass is 9.91. The Bertz CT molecular complexity index is 306. The van der Waals surface area contributed by atoms with E-state index in [0.29, 0.717) is 19.6 Å². The van der Waals surface area contributed by atoms with Crippen molar-refractivity contribution in [3.63, 3.8) is 0 Å². The smallest absolute Gasteiger partial charge is 0.407 e. The second kappa shape index (κ2) is 5.35. The second-order valence-corrected chi connectivity index (χ2v) is 4.63. The van der Waals surface area contributed by atoms with E-state index in [1.807, 2.05) is 6.92 Å². The normalized spacial score (nSPS) is 26.4. The predicted octanol–water partition coefficient (Wildman–Crippen LogP) is 0.954. The molecule has 0 aromatic carbocycles. The molecule has 0 radical (unpaired) electrons. The fourth-order valence-corrected chi connectivity index (χ4v) is 2.15. The number of carboxylic acid groups (broad SMARTS) is 1. The molecule has 1 heterocycles. The molecule has 98 valence electrons. The summed E-state index contributed by atoms with van der Waals surface area (Å²) in [6.45, 7) is 4.58. The Balaban J connectivity index is 2.61. The van der Waals surface area contributed by atoms with Crippen molar-refractivity contribution in [1.29, 1.82) is 0 Å². The molecular weight excluding hydrogens is 226 g/mol. The monoisotopic (exact) mass is 245 g/mol. The van der Waals surface area contributed by atoms with Gasteiger partial charge < -0.3 is 19.5 Å². The molecule has 1 amide bonds. The van der Waals surface area contributed by atoms with Crippen LogP contribution in [0.2, 0.25) is 0 Å². The lowest BCUT2D eigenvalue weighted by molar-refractivity contribution is -0.150. The molecule has 1 aliphatic heterocycles. The maximum Gasteiger partial charge on any atom is 0.407 e. The molecule has 0 aromatic rings. The van der Waals surface area contributed by atoms with Crippen molar-refractivity contribution in [1.82, 2.24) is 4.90 Å². The van der Waals surface area contributed by atoms with Gasteiger partial charge in [-0.15, -0.1) is 0 Å². The highest BCUT2D eigenvalue weighted by Gasteiger charge is 2.37. The van der Waals surface area contributed by atoms with Gasteiger partial charge in [-0.05, 0) is 13.3 Å². The van der Waals surface area contributed by atoms with Gasteiger partial charge in [0.1, 0.15) is 0 Å². The Morgan fingerprint density at radius 1 is 1.59 bits per heavy atom. The van der Waals surface area contributed by atoms with E-state index in [1.54, 1.807) is 6.92 Å². The number of ether oxygens (including phenoxy) is 2. The minimum Gasteiger partial charge on any atom is -0.469 e. The third-order valence-electron chi connectivity index (χ3n) is 2.95. The molecule has 0 aliphatic carbocycles. The van der Waals surface area contributed by atoms with E-state index >= 15 is 0 Å². The zero-order valence-corrected chi connectivity index (χ0v) is 10.4. The van der Waals surface area contributed by atoms with Crippen LogP contribution in [0.3, 0.4) is 0 Å². The molecule has 1 saturated heterocycles. The molecular formula is C11H19NO5. The van der Waals surface area contributed by atoms with E-state index in [-0.39, 0.29) is 18.4 Å². The van der Waals surface area contributed by atoms with E-state index < -0.39 is 11.7 Å². The summed E-state index contributed by atoms with van der Waals surface area (Å²) in [6.07, 6.45) is -0.506. The van der Waals surface area contributed by atoms with Gasteiger partial charge in [-0.25, -0.2) is 4.79 Å². The molecule has 2 atom stereocenters. The van der Waals surface area contributed by atoms with Gasteiger partial charge >= 0.3 is 12.1 Å². The minimum atomic E-state index is -0.953. The zero-order valence-electron chi connectivity index (χ0n) is 10.4. The molecule has 2 unspecified atom stereocenters. The molecule has 6 nitrogen and oxygen atoms in total. The number of esters is 1. The van der Waals surface area contributed by atoms with Crippen LogP contribution in [0.1, 0.15) is 20.3 Å². The summed E-state index contributed by atoms with van der Waals surface area (Å²) >= 11 is 0. The summed E-state index contributed by atoms with van der Waals surface area (Å²) in [6, 6.07) is 0. The van der Waals surface area contributed by atoms with E-state index in [9.17, 15) is 9.59 Å². The van der Waals surface area contributed by atoms with Gasteiger partial charge in [0, 0.05) is 6.54 Å². The molecule has 17 heavy (non-hydrogen) atoms. The van der Waals surface area contributed by atoms with Crippen molar-refractivity contribution in [2.45, 2.75) is 25.9 Å². The minimum absolute atomic E-state index is 0.281. The molecule has 6 heteroatoms. The summed E-state index contributed by atoms with van der Waals surface area (Å²) in [5.41, 5.74) is -0.621. The van der Waals surface area contributed by atoms with Gasteiger partial charge in [0.25, 0.3) is 0 Å². The number of hydrogen-bond acceptors (Lipinski definition) is 4. The highest BCUT2D eigenvalue weighted by atomic mass is 16.5. The number of methoxy groups -OCH3 is 1. The van der Waals surface area contributed by atoms with Crippen LogP contribution >= 0.6 is 0 Å². The van der Waals surface area contributed by atoms with Crippen LogP contribution in [0.25, 0.3) is 0 Å². The lowest BCUT2D eigenvalue weighted by Gasteiger charge is -2.40. The standard InChI is InChI=1S/C11H19NO5/c1-8(9(13)16-3)6-11(2)7-12(10(14)15)4-5-17-11/h8H,4-7H2,1-3H3,(H,14,15). The van der Waals surface area contributed by atoms with E-state index in [2.05, 4.69) is 4.74 Å². The summed E-state index contributed by atoms with van der Waals surface area (Å²) in [5.74, 6) is -0.610. The molecule has 0 aromatic heterocycles.